The molecule has 0 saturated heterocycles. The number of hydrogen-bond acceptors (Lipinski definition) is 4. The summed E-state index contributed by atoms with van der Waals surface area (Å²) in [7, 11) is 0. The molecule has 0 aromatic heterocycles. The van der Waals surface area contributed by atoms with E-state index in [9.17, 15) is 0 Å². The molecule has 3 N–H and O–H groups in total. The average Bonchev–Trinajstić information content (AvgIpc) is 1.67. The fraction of sp³-hybridized carbons (Fsp3) is 1.00. The highest BCUT2D eigenvalue weighted by atomic mass is 16.8. The molecule has 0 atom stereocenters. The van der Waals surface area contributed by atoms with Gasteiger partial charge in [0.15, 0.2) is 0 Å². The summed E-state index contributed by atoms with van der Waals surface area (Å²) in [6, 6.07) is 0. The summed E-state index contributed by atoms with van der Waals surface area (Å²) >= 11 is 0. The highest BCUT2D eigenvalue weighted by Gasteiger charge is 2.20. The van der Waals surface area contributed by atoms with E-state index in [-0.39, 0.29) is 6.61 Å². The summed E-state index contributed by atoms with van der Waals surface area (Å²) in [6.45, 7) is 0.950. The van der Waals surface area contributed by atoms with Crippen LogP contribution in [0.15, 0.2) is 0 Å². The van der Waals surface area contributed by atoms with Gasteiger partial charge in [0.1, 0.15) is 6.61 Å². The minimum atomic E-state index is -2.35. The van der Waals surface area contributed by atoms with Gasteiger partial charge < -0.3 is 20.1 Å². The van der Waals surface area contributed by atoms with Crippen molar-refractivity contribution >= 4 is 0 Å². The van der Waals surface area contributed by atoms with Crippen LogP contribution in [0.3, 0.4) is 0 Å². The predicted molar refractivity (Wildman–Crippen MR) is 25.9 cm³/mol. The minimum Gasteiger partial charge on any atom is -0.388 e. The van der Waals surface area contributed by atoms with E-state index < -0.39 is 12.6 Å². The van der Waals surface area contributed by atoms with Gasteiger partial charge in [0, 0.05) is 6.61 Å². The van der Waals surface area contributed by atoms with Crippen LogP contribution in [0.1, 0.15) is 6.92 Å². The van der Waals surface area contributed by atoms with Gasteiger partial charge in [-0.05, 0) is 6.92 Å². The Morgan fingerprint density at radius 2 is 2.00 bits per heavy atom. The van der Waals surface area contributed by atoms with Crippen LogP contribution in [-0.4, -0.2) is 34.5 Å². The number of aliphatic hydroxyl groups is 3. The first-order valence-electron chi connectivity index (χ1n) is 2.32. The van der Waals surface area contributed by atoms with Crippen LogP contribution in [0.25, 0.3) is 0 Å². The van der Waals surface area contributed by atoms with Crippen LogP contribution >= 0.6 is 0 Å². The Bertz CT molecular complexity index is 61.1. The topological polar surface area (TPSA) is 69.9 Å². The van der Waals surface area contributed by atoms with Crippen LogP contribution < -0.4 is 0 Å². The highest BCUT2D eigenvalue weighted by molar-refractivity contribution is 4.42. The first-order chi connectivity index (χ1) is 3.62. The maximum absolute atomic E-state index is 8.41. The lowest BCUT2D eigenvalue weighted by Crippen LogP contribution is -2.35. The molecular formula is C4H10O4. The molecule has 0 aromatic rings. The fourth-order valence-corrected chi connectivity index (χ4v) is 0.277. The highest BCUT2D eigenvalue weighted by Crippen LogP contribution is 1.97. The third kappa shape index (κ3) is 2.92. The SMILES string of the molecule is CCOC(O)(O)CO. The second-order valence-electron chi connectivity index (χ2n) is 1.33. The molecular weight excluding hydrogens is 112 g/mol. The molecule has 0 unspecified atom stereocenters. The summed E-state index contributed by atoms with van der Waals surface area (Å²) in [5, 5.41) is 24.9. The lowest BCUT2D eigenvalue weighted by molar-refractivity contribution is -0.349. The van der Waals surface area contributed by atoms with Crippen molar-refractivity contribution in [1.82, 2.24) is 0 Å². The van der Waals surface area contributed by atoms with Gasteiger partial charge in [0.25, 0.3) is 0 Å². The van der Waals surface area contributed by atoms with Gasteiger partial charge >= 0.3 is 5.97 Å². The maximum Gasteiger partial charge on any atom is 0.302 e. The first kappa shape index (κ1) is 7.84. The largest absolute Gasteiger partial charge is 0.388 e. The monoisotopic (exact) mass is 122 g/mol. The van der Waals surface area contributed by atoms with Crippen LogP contribution in [0.5, 0.6) is 0 Å². The van der Waals surface area contributed by atoms with Gasteiger partial charge in [-0.15, -0.1) is 0 Å². The molecule has 0 spiro atoms. The number of rotatable bonds is 3. The normalized spacial score (nSPS) is 12.0. The number of hydrogen-bond donors (Lipinski definition) is 3. The van der Waals surface area contributed by atoms with Crippen molar-refractivity contribution in [3.05, 3.63) is 0 Å². The second kappa shape index (κ2) is 2.99. The van der Waals surface area contributed by atoms with Gasteiger partial charge in [0.05, 0.1) is 0 Å². The molecule has 0 aliphatic rings. The number of aliphatic hydroxyl groups excluding tert-OH is 1. The van der Waals surface area contributed by atoms with Crippen molar-refractivity contribution in [2.45, 2.75) is 12.9 Å². The number of ether oxygens (including phenoxy) is 1. The van der Waals surface area contributed by atoms with Crippen molar-refractivity contribution in [2.24, 2.45) is 0 Å². The summed E-state index contributed by atoms with van der Waals surface area (Å²) in [6.07, 6.45) is 0. The standard InChI is InChI=1S/C4H10O4/c1-2-8-4(6,7)3-5/h5-7H,2-3H2,1H3. The van der Waals surface area contributed by atoms with Crippen LogP contribution in [0, 0.1) is 0 Å². The van der Waals surface area contributed by atoms with Crippen molar-refractivity contribution < 1.29 is 20.1 Å². The van der Waals surface area contributed by atoms with E-state index in [4.69, 9.17) is 15.3 Å². The lowest BCUT2D eigenvalue weighted by Gasteiger charge is -2.16. The quantitative estimate of drug-likeness (QED) is 0.405. The van der Waals surface area contributed by atoms with E-state index in [1.165, 1.54) is 0 Å². The van der Waals surface area contributed by atoms with Gasteiger partial charge in [-0.2, -0.15) is 0 Å². The smallest absolute Gasteiger partial charge is 0.302 e. The Morgan fingerprint density at radius 1 is 1.50 bits per heavy atom. The zero-order chi connectivity index (χ0) is 6.62. The van der Waals surface area contributed by atoms with E-state index >= 15 is 0 Å². The van der Waals surface area contributed by atoms with Gasteiger partial charge in [-0.3, -0.25) is 0 Å². The molecule has 0 saturated carbocycles. The molecule has 0 aromatic carbocycles. The second-order valence-corrected chi connectivity index (χ2v) is 1.33. The Labute approximate surface area is 47.3 Å². The van der Waals surface area contributed by atoms with Crippen molar-refractivity contribution in [2.75, 3.05) is 13.2 Å². The Kier molecular flexibility index (Phi) is 2.93. The van der Waals surface area contributed by atoms with E-state index in [1.54, 1.807) is 6.92 Å². The van der Waals surface area contributed by atoms with E-state index in [2.05, 4.69) is 4.74 Å². The van der Waals surface area contributed by atoms with Crippen LogP contribution in [-0.2, 0) is 4.74 Å². The molecule has 0 radical (unpaired) electrons. The molecule has 0 rings (SSSR count). The molecule has 4 nitrogen and oxygen atoms in total. The third-order valence-electron chi connectivity index (χ3n) is 0.581. The summed E-state index contributed by atoms with van der Waals surface area (Å²) in [5.74, 6) is -2.35. The molecule has 0 aliphatic carbocycles. The zero-order valence-electron chi connectivity index (χ0n) is 4.66. The Balaban J connectivity index is 3.37. The molecule has 0 heterocycles. The zero-order valence-corrected chi connectivity index (χ0v) is 4.66. The van der Waals surface area contributed by atoms with Gasteiger partial charge in [-0.25, -0.2) is 0 Å². The van der Waals surface area contributed by atoms with Crippen molar-refractivity contribution in [3.8, 4) is 0 Å². The Hall–Kier alpha value is -0.160. The molecule has 50 valence electrons. The molecule has 4 heteroatoms. The van der Waals surface area contributed by atoms with E-state index in [0.717, 1.165) is 0 Å². The summed E-state index contributed by atoms with van der Waals surface area (Å²) in [5.41, 5.74) is 0. The molecule has 0 fully saturated rings. The molecule has 0 aliphatic heterocycles. The Morgan fingerprint density at radius 3 is 2.12 bits per heavy atom. The van der Waals surface area contributed by atoms with Gasteiger partial charge in [-0.1, -0.05) is 0 Å². The molecule has 8 heavy (non-hydrogen) atoms. The first-order valence-corrected chi connectivity index (χ1v) is 2.32. The van der Waals surface area contributed by atoms with Crippen LogP contribution in [0.4, 0.5) is 0 Å². The van der Waals surface area contributed by atoms with Crippen LogP contribution in [0.2, 0.25) is 0 Å². The lowest BCUT2D eigenvalue weighted by atomic mass is 10.6. The summed E-state index contributed by atoms with van der Waals surface area (Å²) < 4.78 is 4.24. The van der Waals surface area contributed by atoms with Crippen molar-refractivity contribution in [1.29, 1.82) is 0 Å². The van der Waals surface area contributed by atoms with E-state index in [1.807, 2.05) is 0 Å². The average molecular weight is 122 g/mol. The summed E-state index contributed by atoms with van der Waals surface area (Å²) in [4.78, 5) is 0. The van der Waals surface area contributed by atoms with E-state index in [0.29, 0.717) is 0 Å². The predicted octanol–water partition coefficient (Wildman–Crippen LogP) is -1.35. The minimum absolute atomic E-state index is 0.160. The van der Waals surface area contributed by atoms with Crippen molar-refractivity contribution in [3.63, 3.8) is 0 Å². The molecule has 0 amide bonds. The maximum atomic E-state index is 8.41. The fourth-order valence-electron chi connectivity index (χ4n) is 0.277. The third-order valence-corrected chi connectivity index (χ3v) is 0.581. The molecule has 0 bridgehead atoms. The van der Waals surface area contributed by atoms with Gasteiger partial charge in [0.2, 0.25) is 0 Å².